The third-order valence-electron chi connectivity index (χ3n) is 29.6. The zero-order valence-electron chi connectivity index (χ0n) is 95.7. The molecule has 0 fully saturated rings. The van der Waals surface area contributed by atoms with Crippen LogP contribution in [-0.4, -0.2) is 83.0 Å². The van der Waals surface area contributed by atoms with Gasteiger partial charge in [-0.05, 0) is 188 Å². The Bertz CT molecular complexity index is 4310. The lowest BCUT2D eigenvalue weighted by Gasteiger charge is -2.57. The van der Waals surface area contributed by atoms with E-state index >= 15 is 14.4 Å². The predicted molar refractivity (Wildman–Crippen MR) is 590 cm³/mol. The van der Waals surface area contributed by atoms with E-state index in [9.17, 15) is 55.3 Å². The summed E-state index contributed by atoms with van der Waals surface area (Å²) in [4.78, 5) is 60.5. The smallest absolute Gasteiger partial charge is 0.335 e. The zero-order valence-corrected chi connectivity index (χ0v) is 96.6. The molecular weight excluding hydrogens is 1780 g/mol. The van der Waals surface area contributed by atoms with E-state index in [0.29, 0.717) is 85.7 Å². The first kappa shape index (κ1) is 126. The van der Waals surface area contributed by atoms with Gasteiger partial charge in [-0.2, -0.15) is 0 Å². The van der Waals surface area contributed by atoms with Gasteiger partial charge in [-0.25, -0.2) is 0 Å². The second-order valence-corrected chi connectivity index (χ2v) is 55.3. The van der Waals surface area contributed by atoms with Gasteiger partial charge in [0.1, 0.15) is 28.7 Å². The highest BCUT2D eigenvalue weighted by atomic mass is 31.2. The summed E-state index contributed by atoms with van der Waals surface area (Å²) in [6.45, 7) is 67.8. The molecule has 0 heterocycles. The Morgan fingerprint density at radius 1 is 0.248 bits per heavy atom. The van der Waals surface area contributed by atoms with Crippen molar-refractivity contribution in [3.8, 4) is 28.7 Å². The minimum atomic E-state index is -3.36. The summed E-state index contributed by atoms with van der Waals surface area (Å²) in [5.74, 6) is -12.4. The van der Waals surface area contributed by atoms with E-state index in [1.54, 1.807) is 62.4 Å². The molecule has 0 aliphatic rings. The second-order valence-electron chi connectivity index (χ2n) is 53.3. The number of hydrogen-bond donors (Lipinski definition) is 9. The Hall–Kier alpha value is -6.87. The van der Waals surface area contributed by atoms with E-state index in [0.717, 1.165) is 42.4 Å². The van der Waals surface area contributed by atoms with E-state index in [1.807, 2.05) is 178 Å². The van der Waals surface area contributed by atoms with Crippen molar-refractivity contribution in [1.29, 1.82) is 0 Å². The number of rotatable bonds is 56. The third kappa shape index (κ3) is 39.0. The van der Waals surface area contributed by atoms with Crippen molar-refractivity contribution >= 4 is 31.5 Å². The van der Waals surface area contributed by atoms with Crippen molar-refractivity contribution in [2.45, 2.75) is 533 Å². The summed E-state index contributed by atoms with van der Waals surface area (Å²) in [6, 6.07) is 18.0. The van der Waals surface area contributed by atoms with Gasteiger partial charge < -0.3 is 55.0 Å². The van der Waals surface area contributed by atoms with Crippen molar-refractivity contribution in [3.05, 3.63) is 144 Å². The fourth-order valence-corrected chi connectivity index (χ4v) is 23.1. The van der Waals surface area contributed by atoms with Crippen molar-refractivity contribution in [3.63, 3.8) is 0 Å². The van der Waals surface area contributed by atoms with E-state index in [1.165, 1.54) is 180 Å². The average molecular weight is 1980 g/mol. The SMILES string of the molecule is CC(C)(C)c1cc(CC(CC(C)(C)C(C(Cc2cc(C(C)(C)C)c(O)c(C(C)(C)C)c2)C(=O)O)(C(Cc2cc(C(C)(C)C)c(O)c(C(C)(C)C)c2)C(=O)O)C(Cc2cc(C(C)(C)C)c(O)c(C(C)(C)C)c2)C(=O)O)C(=O)O)cc(C(C)(C)C)c1O.CCCCCCCCCCCCCCCCCCOP(=O)(Cc1cc(C(C)(C)C)c(O)c(C(C)(C)C)c1)OCCCCCCCCCCCCCCCCCC. The lowest BCUT2D eigenvalue weighted by molar-refractivity contribution is -0.188. The lowest BCUT2D eigenvalue weighted by Crippen LogP contribution is -2.62. The quantitative estimate of drug-likeness (QED) is 0.0129. The molecule has 802 valence electrons. The molecule has 5 aromatic carbocycles. The highest BCUT2D eigenvalue weighted by molar-refractivity contribution is 7.53. The largest absolute Gasteiger partial charge is 0.507 e. The summed E-state index contributed by atoms with van der Waals surface area (Å²) in [6.07, 6.45) is 40.9. The second kappa shape index (κ2) is 54.2. The van der Waals surface area contributed by atoms with Crippen LogP contribution in [0.3, 0.4) is 0 Å². The van der Waals surface area contributed by atoms with Crippen LogP contribution in [0.25, 0.3) is 0 Å². The van der Waals surface area contributed by atoms with Crippen molar-refractivity contribution in [2.75, 3.05) is 13.2 Å². The van der Waals surface area contributed by atoms with Crippen molar-refractivity contribution in [2.24, 2.45) is 34.5 Å². The molecule has 0 bridgehead atoms. The number of phenolic OH excluding ortho intramolecular Hbond substituents is 5. The van der Waals surface area contributed by atoms with Crippen molar-refractivity contribution in [1.82, 2.24) is 0 Å². The summed E-state index contributed by atoms with van der Waals surface area (Å²) in [5, 5.41) is 108. The van der Waals surface area contributed by atoms with Gasteiger partial charge in [0.15, 0.2) is 0 Å². The first-order valence-corrected chi connectivity index (χ1v) is 56.6. The minimum absolute atomic E-state index is 0.0186. The Balaban J connectivity index is 0.000000642. The highest BCUT2D eigenvalue weighted by Gasteiger charge is 2.66. The van der Waals surface area contributed by atoms with Crippen LogP contribution in [0.2, 0.25) is 0 Å². The van der Waals surface area contributed by atoms with Gasteiger partial charge in [-0.3, -0.25) is 23.7 Å². The van der Waals surface area contributed by atoms with Crippen LogP contribution in [0.1, 0.15) is 531 Å². The molecule has 16 nitrogen and oxygen atoms in total. The summed E-state index contributed by atoms with van der Waals surface area (Å²) in [7, 11) is -3.36. The lowest BCUT2D eigenvalue weighted by atomic mass is 9.44. The molecule has 5 rings (SSSR count). The molecule has 0 aliphatic heterocycles. The van der Waals surface area contributed by atoms with Gasteiger partial charge in [0, 0.05) is 5.41 Å². The molecule has 0 saturated carbocycles. The average Bonchev–Trinajstić information content (AvgIpc) is 0.705. The number of aliphatic carboxylic acids is 4. The van der Waals surface area contributed by atoms with Crippen LogP contribution in [0.4, 0.5) is 0 Å². The Morgan fingerprint density at radius 2 is 0.411 bits per heavy atom. The zero-order chi connectivity index (χ0) is 107. The van der Waals surface area contributed by atoms with Crippen LogP contribution in [0, 0.1) is 34.5 Å². The third-order valence-corrected chi connectivity index (χ3v) is 31.5. The molecule has 0 aliphatic carbocycles. The highest BCUT2D eigenvalue weighted by Crippen LogP contribution is 2.63. The molecule has 5 aromatic rings. The summed E-state index contributed by atoms with van der Waals surface area (Å²) >= 11 is 0. The molecule has 0 saturated heterocycles. The van der Waals surface area contributed by atoms with Crippen LogP contribution in [0.5, 0.6) is 28.7 Å². The van der Waals surface area contributed by atoms with Crippen molar-refractivity contribution < 1.29 is 78.7 Å². The fourth-order valence-electron chi connectivity index (χ4n) is 21.4. The molecule has 4 unspecified atom stereocenters. The topological polar surface area (TPSA) is 286 Å². The summed E-state index contributed by atoms with van der Waals surface area (Å²) < 4.78 is 26.9. The van der Waals surface area contributed by atoms with Gasteiger partial charge in [0.25, 0.3) is 0 Å². The Morgan fingerprint density at radius 3 is 0.574 bits per heavy atom. The standard InChI is InChI=1S/C73H108O12.C51H97O4P/c1-64(2,3)45-28-40(29-46(56(45)74)65(4,5)6)27-44(60(78)79)39-72(25,26)73(53(61(80)81)36-41-30-47(66(7,8)9)57(75)48(31-41)67(10,11)12,54(62(82)83)37-42-32-49(68(13,14)15)58(76)50(33-42)69(16,17)18)55(63(84)85)38-43-34-51(70(19,20)21)59(77)52(35-43)71(22,23)24;1-9-11-13-15-17-19-21-23-25-27-29-31-33-35-37-39-41-54-56(53,45-46-43-47(50(3,4)5)49(52)48(44-46)51(6,7)8)55-42-40-38-36-34-32-30-28-26-24-22-20-18-16-14-12-10-2/h28-35,44,53-55,74-77H,27,36-39H2,1-26H3,(H,78,79)(H,80,81)(H,82,83)(H,84,85);43-44,52H,9-42,45H2,1-8H3. The van der Waals surface area contributed by atoms with Gasteiger partial charge in [-0.1, -0.05) is 489 Å². The number of carboxylic acid groups (broad SMARTS) is 4. The predicted octanol–water partition coefficient (Wildman–Crippen LogP) is 34.6. The maximum atomic E-state index is 15.4. The number of benzene rings is 5. The number of aromatic hydroxyl groups is 5. The number of unbranched alkanes of at least 4 members (excludes halogenated alkanes) is 30. The molecule has 9 N–H and O–H groups in total. The van der Waals surface area contributed by atoms with E-state index in [2.05, 4.69) is 55.4 Å². The number of hydrogen-bond acceptors (Lipinski definition) is 12. The van der Waals surface area contributed by atoms with Crippen LogP contribution in [0.15, 0.2) is 60.7 Å². The van der Waals surface area contributed by atoms with E-state index < -0.39 is 135 Å². The normalized spacial score (nSPS) is 14.4. The van der Waals surface area contributed by atoms with E-state index in [-0.39, 0.29) is 46.4 Å². The molecule has 0 radical (unpaired) electrons. The van der Waals surface area contributed by atoms with Gasteiger partial charge >= 0.3 is 31.5 Å². The van der Waals surface area contributed by atoms with E-state index in [4.69, 9.17) is 9.05 Å². The van der Waals surface area contributed by atoms with Gasteiger partial charge in [0.2, 0.25) is 0 Å². The molecule has 0 amide bonds. The molecule has 0 aromatic heterocycles. The minimum Gasteiger partial charge on any atom is -0.507 e. The van der Waals surface area contributed by atoms with Crippen LogP contribution >= 0.6 is 7.60 Å². The number of carboxylic acids is 4. The van der Waals surface area contributed by atoms with Gasteiger partial charge in [0.05, 0.1) is 43.0 Å². The molecular formula is C124H205O16P. The molecule has 0 spiro atoms. The first-order chi connectivity index (χ1) is 64.8. The first-order valence-electron chi connectivity index (χ1n) is 54.9. The Labute approximate surface area is 858 Å². The monoisotopic (exact) mass is 1980 g/mol. The molecule has 17 heteroatoms. The van der Waals surface area contributed by atoms with Crippen LogP contribution in [-0.2, 0) is 119 Å². The Kier molecular flexibility index (Phi) is 48.6. The maximum absolute atomic E-state index is 15.4. The molecule has 4 atom stereocenters. The number of carbonyl (C=O) groups is 4. The molecule has 141 heavy (non-hydrogen) atoms. The number of phenols is 5. The van der Waals surface area contributed by atoms with Crippen LogP contribution < -0.4 is 0 Å². The summed E-state index contributed by atoms with van der Waals surface area (Å²) in [5.41, 5.74) is -1.53. The van der Waals surface area contributed by atoms with Gasteiger partial charge in [-0.15, -0.1) is 0 Å². The fraction of sp³-hybridized carbons (Fsp3) is 0.726. The maximum Gasteiger partial charge on any atom is 0.335 e.